The van der Waals surface area contributed by atoms with Gasteiger partial charge in [0, 0.05) is 25.9 Å². The zero-order chi connectivity index (χ0) is 11.8. The summed E-state index contributed by atoms with van der Waals surface area (Å²) in [7, 11) is 0. The van der Waals surface area contributed by atoms with Gasteiger partial charge in [-0.2, -0.15) is 0 Å². The van der Waals surface area contributed by atoms with Crippen molar-refractivity contribution in [2.75, 3.05) is 31.6 Å². The number of hydrogen-bond acceptors (Lipinski definition) is 5. The molecule has 0 radical (unpaired) electrons. The molecular weight excluding hydrogens is 204 g/mol. The number of nitrogens with zero attached hydrogens (tertiary/aromatic N) is 2. The van der Waals surface area contributed by atoms with Crippen molar-refractivity contribution < 1.29 is 4.74 Å². The van der Waals surface area contributed by atoms with Crippen LogP contribution in [-0.2, 0) is 4.74 Å². The van der Waals surface area contributed by atoms with E-state index in [9.17, 15) is 0 Å². The summed E-state index contributed by atoms with van der Waals surface area (Å²) < 4.78 is 5.27. The Balaban J connectivity index is 2.23. The summed E-state index contributed by atoms with van der Waals surface area (Å²) in [5.41, 5.74) is 7.16. The highest BCUT2D eigenvalue weighted by Gasteiger charge is 2.00. The lowest BCUT2D eigenvalue weighted by Gasteiger charge is -2.08. The topological polar surface area (TPSA) is 73.1 Å². The Hall–Kier alpha value is -1.20. The van der Waals surface area contributed by atoms with Crippen molar-refractivity contribution in [3.05, 3.63) is 17.6 Å². The minimum atomic E-state index is 0.579. The Morgan fingerprint density at radius 1 is 1.38 bits per heavy atom. The van der Waals surface area contributed by atoms with Gasteiger partial charge in [0.2, 0.25) is 0 Å². The van der Waals surface area contributed by atoms with Gasteiger partial charge in [0.1, 0.15) is 5.82 Å². The second-order valence-corrected chi connectivity index (χ2v) is 3.63. The fraction of sp³-hybridized carbons (Fsp3) is 0.636. The fourth-order valence-corrected chi connectivity index (χ4v) is 1.27. The van der Waals surface area contributed by atoms with Crippen molar-refractivity contribution >= 4 is 5.82 Å². The number of anilines is 1. The molecule has 1 aromatic heterocycles. The van der Waals surface area contributed by atoms with E-state index in [1.165, 1.54) is 0 Å². The molecule has 0 spiro atoms. The molecule has 0 atom stereocenters. The molecule has 0 saturated heterocycles. The van der Waals surface area contributed by atoms with E-state index in [-0.39, 0.29) is 0 Å². The van der Waals surface area contributed by atoms with Crippen LogP contribution in [0, 0.1) is 13.8 Å². The number of nitrogens with two attached hydrogens (primary N) is 1. The quantitative estimate of drug-likeness (QED) is 0.672. The van der Waals surface area contributed by atoms with Crippen LogP contribution < -0.4 is 11.1 Å². The van der Waals surface area contributed by atoms with E-state index in [0.717, 1.165) is 36.8 Å². The molecule has 90 valence electrons. The lowest BCUT2D eigenvalue weighted by molar-refractivity contribution is 0.141. The molecule has 0 aliphatic rings. The third-order valence-electron chi connectivity index (χ3n) is 2.10. The number of hydrogen-bond donors (Lipinski definition) is 2. The molecule has 5 heteroatoms. The van der Waals surface area contributed by atoms with Crippen LogP contribution in [0.25, 0.3) is 0 Å². The highest BCUT2D eigenvalue weighted by molar-refractivity contribution is 5.39. The van der Waals surface area contributed by atoms with Gasteiger partial charge in [-0.25, -0.2) is 4.98 Å². The van der Waals surface area contributed by atoms with Crippen LogP contribution in [0.3, 0.4) is 0 Å². The summed E-state index contributed by atoms with van der Waals surface area (Å²) in [6.07, 6.45) is 2.71. The summed E-state index contributed by atoms with van der Waals surface area (Å²) >= 11 is 0. The van der Waals surface area contributed by atoms with Gasteiger partial charge < -0.3 is 15.8 Å². The zero-order valence-electron chi connectivity index (χ0n) is 9.99. The van der Waals surface area contributed by atoms with Gasteiger partial charge in [-0.3, -0.25) is 4.98 Å². The van der Waals surface area contributed by atoms with Gasteiger partial charge in [-0.1, -0.05) is 0 Å². The number of nitrogens with one attached hydrogen (secondary N) is 1. The van der Waals surface area contributed by atoms with Crippen LogP contribution in [-0.4, -0.2) is 36.3 Å². The van der Waals surface area contributed by atoms with Gasteiger partial charge in [-0.15, -0.1) is 0 Å². The maximum Gasteiger partial charge on any atom is 0.147 e. The van der Waals surface area contributed by atoms with Crippen molar-refractivity contribution in [3.8, 4) is 0 Å². The Kier molecular flexibility index (Phi) is 5.74. The largest absolute Gasteiger partial charge is 0.380 e. The number of rotatable bonds is 7. The highest BCUT2D eigenvalue weighted by Crippen LogP contribution is 2.08. The molecule has 0 fully saturated rings. The molecule has 5 nitrogen and oxygen atoms in total. The third-order valence-corrected chi connectivity index (χ3v) is 2.10. The molecule has 0 aromatic carbocycles. The minimum absolute atomic E-state index is 0.579. The normalized spacial score (nSPS) is 10.4. The van der Waals surface area contributed by atoms with Gasteiger partial charge >= 0.3 is 0 Å². The smallest absolute Gasteiger partial charge is 0.147 e. The van der Waals surface area contributed by atoms with Crippen molar-refractivity contribution in [3.63, 3.8) is 0 Å². The maximum atomic E-state index is 5.31. The first kappa shape index (κ1) is 12.9. The first-order chi connectivity index (χ1) is 7.74. The predicted molar refractivity (Wildman–Crippen MR) is 64.5 cm³/mol. The molecule has 0 saturated carbocycles. The average Bonchev–Trinajstić information content (AvgIpc) is 2.28. The van der Waals surface area contributed by atoms with E-state index in [0.29, 0.717) is 13.2 Å². The average molecular weight is 224 g/mol. The van der Waals surface area contributed by atoms with Gasteiger partial charge in [0.05, 0.1) is 18.0 Å². The fourth-order valence-electron chi connectivity index (χ4n) is 1.27. The molecule has 0 aliphatic carbocycles. The molecule has 0 amide bonds. The Bertz CT molecular complexity index is 317. The predicted octanol–water partition coefficient (Wildman–Crippen LogP) is 0.871. The highest BCUT2D eigenvalue weighted by atomic mass is 16.5. The summed E-state index contributed by atoms with van der Waals surface area (Å²) in [5.74, 6) is 0.860. The molecule has 0 aliphatic heterocycles. The van der Waals surface area contributed by atoms with Gasteiger partial charge in [-0.05, 0) is 20.3 Å². The SMILES string of the molecule is Cc1cnc(C)c(NCCCOCCN)n1. The van der Waals surface area contributed by atoms with Crippen molar-refractivity contribution in [2.45, 2.75) is 20.3 Å². The van der Waals surface area contributed by atoms with Crippen molar-refractivity contribution in [1.82, 2.24) is 9.97 Å². The Morgan fingerprint density at radius 2 is 2.19 bits per heavy atom. The van der Waals surface area contributed by atoms with Gasteiger partial charge in [0.15, 0.2) is 0 Å². The van der Waals surface area contributed by atoms with Crippen LogP contribution in [0.5, 0.6) is 0 Å². The molecular formula is C11H20N4O. The number of ether oxygens (including phenoxy) is 1. The lowest BCUT2D eigenvalue weighted by Crippen LogP contribution is -2.12. The van der Waals surface area contributed by atoms with Crippen LogP contribution in [0.1, 0.15) is 17.8 Å². The second-order valence-electron chi connectivity index (χ2n) is 3.63. The van der Waals surface area contributed by atoms with Crippen molar-refractivity contribution in [2.24, 2.45) is 5.73 Å². The summed E-state index contributed by atoms with van der Waals surface area (Å²) in [4.78, 5) is 8.61. The number of aryl methyl sites for hydroxylation is 2. The first-order valence-electron chi connectivity index (χ1n) is 5.56. The molecule has 0 unspecified atom stereocenters. The minimum Gasteiger partial charge on any atom is -0.380 e. The van der Waals surface area contributed by atoms with E-state index in [1.807, 2.05) is 13.8 Å². The monoisotopic (exact) mass is 224 g/mol. The molecule has 1 aromatic rings. The van der Waals surface area contributed by atoms with E-state index in [2.05, 4.69) is 15.3 Å². The van der Waals surface area contributed by atoms with E-state index >= 15 is 0 Å². The molecule has 16 heavy (non-hydrogen) atoms. The van der Waals surface area contributed by atoms with E-state index < -0.39 is 0 Å². The molecule has 0 bridgehead atoms. The van der Waals surface area contributed by atoms with Crippen molar-refractivity contribution in [1.29, 1.82) is 0 Å². The Labute approximate surface area is 96.4 Å². The lowest BCUT2D eigenvalue weighted by atomic mass is 10.4. The number of aromatic nitrogens is 2. The van der Waals surface area contributed by atoms with Crippen LogP contribution in [0.2, 0.25) is 0 Å². The third kappa shape index (κ3) is 4.55. The molecule has 1 heterocycles. The van der Waals surface area contributed by atoms with Gasteiger partial charge in [0.25, 0.3) is 0 Å². The summed E-state index contributed by atoms with van der Waals surface area (Å²) in [5, 5.41) is 3.25. The molecule has 3 N–H and O–H groups in total. The standard InChI is InChI=1S/C11H20N4O/c1-9-8-14-10(2)11(15-9)13-5-3-6-16-7-4-12/h8H,3-7,12H2,1-2H3,(H,13,15). The summed E-state index contributed by atoms with van der Waals surface area (Å²) in [6, 6.07) is 0. The van der Waals surface area contributed by atoms with Crippen LogP contribution in [0.15, 0.2) is 6.20 Å². The second kappa shape index (κ2) is 7.14. The molecule has 1 rings (SSSR count). The zero-order valence-corrected chi connectivity index (χ0v) is 9.99. The van der Waals surface area contributed by atoms with Crippen LogP contribution in [0.4, 0.5) is 5.82 Å². The van der Waals surface area contributed by atoms with E-state index in [4.69, 9.17) is 10.5 Å². The van der Waals surface area contributed by atoms with E-state index in [1.54, 1.807) is 6.20 Å². The first-order valence-corrected chi connectivity index (χ1v) is 5.56. The Morgan fingerprint density at radius 3 is 2.94 bits per heavy atom. The summed E-state index contributed by atoms with van der Waals surface area (Å²) in [6.45, 7) is 6.65. The maximum absolute atomic E-state index is 5.31. The van der Waals surface area contributed by atoms with Crippen LogP contribution >= 0.6 is 0 Å².